The normalized spacial score (nSPS) is 8.74. The van der Waals surface area contributed by atoms with Crippen molar-refractivity contribution in [3.8, 4) is 0 Å². The molecule has 0 N–H and O–H groups in total. The molecular formula is C16H21F2P. The van der Waals surface area contributed by atoms with Crippen molar-refractivity contribution < 1.29 is 8.78 Å². The smallest absolute Gasteiger partial charge is 0.126 e. The van der Waals surface area contributed by atoms with Crippen LogP contribution in [0.15, 0.2) is 48.5 Å². The zero-order chi connectivity index (χ0) is 14.7. The first-order chi connectivity index (χ1) is 9.11. The lowest BCUT2D eigenvalue weighted by Gasteiger charge is -1.94. The Hall–Kier alpha value is -1.27. The summed E-state index contributed by atoms with van der Waals surface area (Å²) in [6.45, 7) is 6.16. The minimum absolute atomic E-state index is 0.537. The molecule has 0 saturated heterocycles. The van der Waals surface area contributed by atoms with Gasteiger partial charge in [0.15, 0.2) is 0 Å². The lowest BCUT2D eigenvalue weighted by atomic mass is 10.2. The lowest BCUT2D eigenvalue weighted by Crippen LogP contribution is -1.88. The molecule has 2 aromatic rings. The monoisotopic (exact) mass is 282 g/mol. The molecule has 3 heteroatoms. The molecule has 0 fully saturated rings. The van der Waals surface area contributed by atoms with Gasteiger partial charge in [-0.05, 0) is 29.4 Å². The summed E-state index contributed by atoms with van der Waals surface area (Å²) in [5.41, 5.74) is 1.40. The molecule has 0 aromatic heterocycles. The number of benzene rings is 2. The highest BCUT2D eigenvalue weighted by molar-refractivity contribution is 7.27. The molecule has 19 heavy (non-hydrogen) atoms. The van der Waals surface area contributed by atoms with Gasteiger partial charge in [-0.25, -0.2) is 8.78 Å². The van der Waals surface area contributed by atoms with Crippen LogP contribution in [0.1, 0.15) is 26.3 Å². The molecule has 0 radical (unpaired) electrons. The average molecular weight is 282 g/mol. The molecule has 1 unspecified atom stereocenters. The van der Waals surface area contributed by atoms with Crippen LogP contribution in [0.4, 0.5) is 8.78 Å². The summed E-state index contributed by atoms with van der Waals surface area (Å²) in [6, 6.07) is 13.1. The van der Waals surface area contributed by atoms with Gasteiger partial charge in [0, 0.05) is 6.07 Å². The van der Waals surface area contributed by atoms with E-state index >= 15 is 0 Å². The fourth-order valence-corrected chi connectivity index (χ4v) is 1.41. The van der Waals surface area contributed by atoms with Gasteiger partial charge in [0.05, 0.1) is 0 Å². The van der Waals surface area contributed by atoms with Crippen molar-refractivity contribution in [1.29, 1.82) is 0 Å². The molecule has 0 bridgehead atoms. The third-order valence-electron chi connectivity index (χ3n) is 2.17. The molecule has 0 amide bonds. The maximum atomic E-state index is 11.9. The van der Waals surface area contributed by atoms with Gasteiger partial charge in [-0.3, -0.25) is 0 Å². The maximum absolute atomic E-state index is 11.9. The Morgan fingerprint density at radius 3 is 1.68 bits per heavy atom. The number of aryl methyl sites for hydroxylation is 1. The van der Waals surface area contributed by atoms with Gasteiger partial charge in [-0.15, -0.1) is 9.24 Å². The molecule has 0 aliphatic rings. The predicted octanol–water partition coefficient (Wildman–Crippen LogP) is 4.74. The second kappa shape index (κ2) is 10.6. The Kier molecular flexibility index (Phi) is 9.92. The molecule has 2 rings (SSSR count). The third-order valence-corrected chi connectivity index (χ3v) is 2.56. The van der Waals surface area contributed by atoms with E-state index in [1.54, 1.807) is 0 Å². The second-order valence-corrected chi connectivity index (χ2v) is 4.20. The summed E-state index contributed by atoms with van der Waals surface area (Å²) < 4.78 is 23.9. The van der Waals surface area contributed by atoms with Crippen LogP contribution in [0.5, 0.6) is 0 Å². The van der Waals surface area contributed by atoms with E-state index in [-0.39, 0.29) is 0 Å². The van der Waals surface area contributed by atoms with Crippen LogP contribution in [0, 0.1) is 11.6 Å². The zero-order valence-corrected chi connectivity index (χ0v) is 12.8. The van der Waals surface area contributed by atoms with E-state index in [9.17, 15) is 8.78 Å². The van der Waals surface area contributed by atoms with Crippen molar-refractivity contribution in [1.82, 2.24) is 0 Å². The fraction of sp³-hybridized carbons (Fsp3) is 0.250. The number of hydrogen-bond donors (Lipinski definition) is 0. The number of halogens is 2. The highest BCUT2D eigenvalue weighted by atomic mass is 31.0. The van der Waals surface area contributed by atoms with Crippen LogP contribution in [-0.4, -0.2) is 0 Å². The summed E-state index contributed by atoms with van der Waals surface area (Å²) in [7, 11) is 2.67. The van der Waals surface area contributed by atoms with E-state index in [0.717, 1.165) is 12.5 Å². The molecule has 0 saturated carbocycles. The first kappa shape index (κ1) is 17.7. The van der Waals surface area contributed by atoms with E-state index in [4.69, 9.17) is 0 Å². The molecule has 0 aliphatic carbocycles. The zero-order valence-electron chi connectivity index (χ0n) is 11.7. The van der Waals surface area contributed by atoms with E-state index in [1.165, 1.54) is 29.1 Å². The summed E-state index contributed by atoms with van der Waals surface area (Å²) >= 11 is 0. The molecule has 0 spiro atoms. The summed E-state index contributed by atoms with van der Waals surface area (Å²) in [5, 5.41) is 1.26. The standard InChI is InChI=1S/C8H11P.C6H4F2.C2H6/c1-2-7-3-5-8(9)6-4-7;7-5-2-1-3-6(8)4-5;1-2/h3-6H,2,9H2,1H3;1-4H;1-2H3. The molecule has 1 atom stereocenters. The average Bonchev–Trinajstić information content (AvgIpc) is 2.42. The molecular weight excluding hydrogens is 261 g/mol. The van der Waals surface area contributed by atoms with Crippen molar-refractivity contribution in [3.05, 3.63) is 65.7 Å². The maximum Gasteiger partial charge on any atom is 0.126 e. The largest absolute Gasteiger partial charge is 0.207 e. The van der Waals surface area contributed by atoms with Crippen LogP contribution in [-0.2, 0) is 6.42 Å². The Morgan fingerprint density at radius 1 is 0.895 bits per heavy atom. The number of hydrogen-bond acceptors (Lipinski definition) is 0. The minimum Gasteiger partial charge on any atom is -0.207 e. The number of rotatable bonds is 1. The molecule has 0 heterocycles. The van der Waals surface area contributed by atoms with Gasteiger partial charge in [-0.1, -0.05) is 51.1 Å². The first-order valence-corrected chi connectivity index (χ1v) is 6.95. The van der Waals surface area contributed by atoms with Crippen molar-refractivity contribution >= 4 is 14.5 Å². The van der Waals surface area contributed by atoms with Gasteiger partial charge < -0.3 is 0 Å². The quantitative estimate of drug-likeness (QED) is 0.663. The summed E-state index contributed by atoms with van der Waals surface area (Å²) in [5.74, 6) is -1.07. The van der Waals surface area contributed by atoms with Gasteiger partial charge in [0.1, 0.15) is 11.6 Å². The van der Waals surface area contributed by atoms with Crippen LogP contribution in [0.25, 0.3) is 0 Å². The molecule has 0 aliphatic heterocycles. The van der Waals surface area contributed by atoms with Gasteiger partial charge >= 0.3 is 0 Å². The van der Waals surface area contributed by atoms with Crippen LogP contribution >= 0.6 is 9.24 Å². The highest BCUT2D eigenvalue weighted by Crippen LogP contribution is 1.99. The van der Waals surface area contributed by atoms with E-state index in [1.807, 2.05) is 13.8 Å². The molecule has 0 nitrogen and oxygen atoms in total. The minimum atomic E-state index is -0.537. The van der Waals surface area contributed by atoms with E-state index in [2.05, 4.69) is 40.4 Å². The van der Waals surface area contributed by atoms with Gasteiger partial charge in [0.2, 0.25) is 0 Å². The van der Waals surface area contributed by atoms with Crippen molar-refractivity contribution in [2.75, 3.05) is 0 Å². The molecule has 2 aromatic carbocycles. The SMILES string of the molecule is CC.CCc1ccc(P)cc1.Fc1cccc(F)c1. The van der Waals surface area contributed by atoms with Crippen LogP contribution in [0.2, 0.25) is 0 Å². The van der Waals surface area contributed by atoms with E-state index < -0.39 is 11.6 Å². The van der Waals surface area contributed by atoms with E-state index in [0.29, 0.717) is 0 Å². The van der Waals surface area contributed by atoms with Crippen molar-refractivity contribution in [2.24, 2.45) is 0 Å². The highest BCUT2D eigenvalue weighted by Gasteiger charge is 1.88. The topological polar surface area (TPSA) is 0 Å². The second-order valence-electron chi connectivity index (χ2n) is 3.54. The van der Waals surface area contributed by atoms with Crippen LogP contribution < -0.4 is 5.30 Å². The first-order valence-electron chi connectivity index (χ1n) is 6.37. The summed E-state index contributed by atoms with van der Waals surface area (Å²) in [6.07, 6.45) is 1.13. The fourth-order valence-electron chi connectivity index (χ4n) is 1.21. The molecule has 104 valence electrons. The Labute approximate surface area is 117 Å². The van der Waals surface area contributed by atoms with Crippen molar-refractivity contribution in [2.45, 2.75) is 27.2 Å². The van der Waals surface area contributed by atoms with Crippen molar-refractivity contribution in [3.63, 3.8) is 0 Å². The third kappa shape index (κ3) is 8.45. The Balaban J connectivity index is 0.000000303. The Morgan fingerprint density at radius 2 is 1.37 bits per heavy atom. The Bertz CT molecular complexity index is 435. The van der Waals surface area contributed by atoms with Gasteiger partial charge in [-0.2, -0.15) is 0 Å². The lowest BCUT2D eigenvalue weighted by molar-refractivity contribution is 0.583. The summed E-state index contributed by atoms with van der Waals surface area (Å²) in [4.78, 5) is 0. The van der Waals surface area contributed by atoms with Crippen LogP contribution in [0.3, 0.4) is 0 Å². The van der Waals surface area contributed by atoms with Gasteiger partial charge in [0.25, 0.3) is 0 Å². The predicted molar refractivity (Wildman–Crippen MR) is 82.9 cm³/mol.